The normalized spacial score (nSPS) is 11.8. The van der Waals surface area contributed by atoms with Crippen molar-refractivity contribution in [2.75, 3.05) is 4.90 Å². The highest BCUT2D eigenvalue weighted by Crippen LogP contribution is 2.53. The smallest absolute Gasteiger partial charge is 0.135 e. The lowest BCUT2D eigenvalue weighted by Crippen LogP contribution is -2.12. The van der Waals surface area contributed by atoms with E-state index < -0.39 is 0 Å². The number of hydrogen-bond donors (Lipinski definition) is 0. The van der Waals surface area contributed by atoms with E-state index in [4.69, 9.17) is 4.74 Å². The quantitative estimate of drug-likeness (QED) is 0.176. The molecular formula is C52H33NOS. The van der Waals surface area contributed by atoms with Gasteiger partial charge in [-0.3, -0.25) is 0 Å². The lowest BCUT2D eigenvalue weighted by molar-refractivity contribution is 0.488. The van der Waals surface area contributed by atoms with E-state index in [1.54, 1.807) is 0 Å². The number of anilines is 3. The Hall–Kier alpha value is -6.94. The molecule has 3 heteroatoms. The van der Waals surface area contributed by atoms with E-state index in [9.17, 15) is 0 Å². The van der Waals surface area contributed by atoms with Gasteiger partial charge in [0.15, 0.2) is 0 Å². The largest absolute Gasteiger partial charge is 0.456 e. The minimum Gasteiger partial charge on any atom is -0.456 e. The van der Waals surface area contributed by atoms with Gasteiger partial charge in [-0.25, -0.2) is 0 Å². The van der Waals surface area contributed by atoms with Gasteiger partial charge in [0.2, 0.25) is 0 Å². The maximum Gasteiger partial charge on any atom is 0.135 e. The second kappa shape index (κ2) is 12.9. The standard InChI is InChI=1S/C52H33NOS/c1-3-14-34(15-4-1)37-27-30-47-43(32-37)41-29-26-36-18-7-8-20-40(36)51(41)44-33-38(28-31-48(44)54-47)53(45-22-11-9-19-39(45)35-16-5-2-6-17-35)46-23-13-25-50-52(46)42-21-10-12-24-49(42)55-50/h1-33H. The number of ether oxygens (including phenoxy) is 1. The number of nitrogens with zero attached hydrogens (tertiary/aromatic N) is 1. The van der Waals surface area contributed by atoms with Crippen molar-refractivity contribution < 1.29 is 4.74 Å². The zero-order valence-corrected chi connectivity index (χ0v) is 30.6. The third kappa shape index (κ3) is 5.24. The van der Waals surface area contributed by atoms with Gasteiger partial charge in [0.25, 0.3) is 0 Å². The molecule has 0 amide bonds. The SMILES string of the molecule is c1ccc(-c2ccc3c(c2)-c2ccc4ccccc4c2-c2cc(N(c4ccccc4-c4ccccc4)c4cccc5sc6ccccc6c45)ccc2O3)cc1. The number of benzene rings is 9. The maximum absolute atomic E-state index is 6.96. The van der Waals surface area contributed by atoms with Gasteiger partial charge in [-0.05, 0) is 87.6 Å². The van der Waals surface area contributed by atoms with Gasteiger partial charge in [0.1, 0.15) is 11.5 Å². The second-order valence-electron chi connectivity index (χ2n) is 14.0. The molecule has 11 rings (SSSR count). The fourth-order valence-electron chi connectivity index (χ4n) is 8.37. The molecule has 0 atom stereocenters. The summed E-state index contributed by atoms with van der Waals surface area (Å²) < 4.78 is 9.51. The van der Waals surface area contributed by atoms with Gasteiger partial charge in [-0.1, -0.05) is 146 Å². The van der Waals surface area contributed by atoms with Crippen molar-refractivity contribution in [1.82, 2.24) is 0 Å². The van der Waals surface area contributed by atoms with Crippen molar-refractivity contribution in [3.8, 4) is 56.0 Å². The topological polar surface area (TPSA) is 12.5 Å². The Labute approximate surface area is 323 Å². The van der Waals surface area contributed by atoms with E-state index in [0.29, 0.717) is 0 Å². The fraction of sp³-hybridized carbons (Fsp3) is 0. The Morgan fingerprint density at radius 2 is 1.05 bits per heavy atom. The molecule has 0 aliphatic carbocycles. The predicted molar refractivity (Wildman–Crippen MR) is 233 cm³/mol. The van der Waals surface area contributed by atoms with Crippen LogP contribution in [0.4, 0.5) is 17.1 Å². The molecule has 0 bridgehead atoms. The molecule has 0 saturated carbocycles. The van der Waals surface area contributed by atoms with E-state index >= 15 is 0 Å². The third-order valence-corrected chi connectivity index (χ3v) is 12.0. The molecule has 1 aromatic heterocycles. The summed E-state index contributed by atoms with van der Waals surface area (Å²) >= 11 is 1.85. The van der Waals surface area contributed by atoms with E-state index in [2.05, 4.69) is 205 Å². The Morgan fingerprint density at radius 3 is 1.93 bits per heavy atom. The van der Waals surface area contributed by atoms with Crippen molar-refractivity contribution in [3.05, 3.63) is 200 Å². The van der Waals surface area contributed by atoms with E-state index in [0.717, 1.165) is 56.4 Å². The van der Waals surface area contributed by atoms with Crippen molar-refractivity contribution in [1.29, 1.82) is 0 Å². The van der Waals surface area contributed by atoms with Crippen LogP contribution in [0.5, 0.6) is 11.5 Å². The van der Waals surface area contributed by atoms with E-state index in [1.165, 1.54) is 47.6 Å². The lowest BCUT2D eigenvalue weighted by Gasteiger charge is -2.29. The molecule has 0 spiro atoms. The summed E-state index contributed by atoms with van der Waals surface area (Å²) in [5.41, 5.74) is 12.5. The zero-order valence-electron chi connectivity index (χ0n) is 29.8. The van der Waals surface area contributed by atoms with Crippen LogP contribution in [0.15, 0.2) is 200 Å². The van der Waals surface area contributed by atoms with Crippen LogP contribution in [0.3, 0.4) is 0 Å². The van der Waals surface area contributed by atoms with E-state index in [-0.39, 0.29) is 0 Å². The minimum absolute atomic E-state index is 0.836. The van der Waals surface area contributed by atoms with Gasteiger partial charge in [-0.15, -0.1) is 11.3 Å². The summed E-state index contributed by atoms with van der Waals surface area (Å²) in [4.78, 5) is 2.46. The predicted octanol–water partition coefficient (Wildman–Crippen LogP) is 15.5. The van der Waals surface area contributed by atoms with Crippen LogP contribution < -0.4 is 9.64 Å². The Bertz CT molecular complexity index is 3070. The van der Waals surface area contributed by atoms with Crippen LogP contribution in [0.2, 0.25) is 0 Å². The Balaban J connectivity index is 1.20. The molecule has 1 aliphatic heterocycles. The fourth-order valence-corrected chi connectivity index (χ4v) is 9.49. The van der Waals surface area contributed by atoms with Crippen molar-refractivity contribution in [2.24, 2.45) is 0 Å². The molecule has 0 radical (unpaired) electrons. The highest BCUT2D eigenvalue weighted by atomic mass is 32.1. The molecule has 258 valence electrons. The van der Waals surface area contributed by atoms with Gasteiger partial charge in [-0.2, -0.15) is 0 Å². The van der Waals surface area contributed by atoms with Crippen molar-refractivity contribution in [2.45, 2.75) is 0 Å². The molecule has 55 heavy (non-hydrogen) atoms. The number of thiophene rings is 1. The summed E-state index contributed by atoms with van der Waals surface area (Å²) in [7, 11) is 0. The molecule has 9 aromatic carbocycles. The minimum atomic E-state index is 0.836. The number of fused-ring (bicyclic) bond motifs is 10. The first kappa shape index (κ1) is 31.6. The van der Waals surface area contributed by atoms with Gasteiger partial charge in [0.05, 0.1) is 11.4 Å². The third-order valence-electron chi connectivity index (χ3n) is 10.9. The number of hydrogen-bond acceptors (Lipinski definition) is 3. The van der Waals surface area contributed by atoms with Crippen molar-refractivity contribution in [3.63, 3.8) is 0 Å². The van der Waals surface area contributed by atoms with Crippen LogP contribution in [0, 0.1) is 0 Å². The van der Waals surface area contributed by atoms with Crippen LogP contribution in [-0.2, 0) is 0 Å². The molecule has 0 N–H and O–H groups in total. The molecule has 1 aliphatic rings. The molecule has 2 heterocycles. The Kier molecular flexibility index (Phi) is 7.39. The van der Waals surface area contributed by atoms with E-state index in [1.807, 2.05) is 11.3 Å². The molecule has 10 aromatic rings. The van der Waals surface area contributed by atoms with Crippen LogP contribution in [0.1, 0.15) is 0 Å². The average molecular weight is 720 g/mol. The maximum atomic E-state index is 6.96. The van der Waals surface area contributed by atoms with Crippen LogP contribution in [-0.4, -0.2) is 0 Å². The van der Waals surface area contributed by atoms with Crippen molar-refractivity contribution >= 4 is 59.3 Å². The first-order chi connectivity index (χ1) is 27.3. The highest BCUT2D eigenvalue weighted by molar-refractivity contribution is 7.26. The first-order valence-corrected chi connectivity index (χ1v) is 19.5. The molecule has 0 saturated heterocycles. The first-order valence-electron chi connectivity index (χ1n) is 18.7. The molecule has 0 fully saturated rings. The summed E-state index contributed by atoms with van der Waals surface area (Å²) in [5, 5.41) is 4.91. The summed E-state index contributed by atoms with van der Waals surface area (Å²) in [6.07, 6.45) is 0. The summed E-state index contributed by atoms with van der Waals surface area (Å²) in [5.74, 6) is 1.69. The number of rotatable bonds is 5. The Morgan fingerprint density at radius 1 is 0.382 bits per heavy atom. The molecule has 0 unspecified atom stereocenters. The van der Waals surface area contributed by atoms with Gasteiger partial charge >= 0.3 is 0 Å². The second-order valence-corrected chi connectivity index (χ2v) is 15.1. The van der Waals surface area contributed by atoms with Crippen LogP contribution >= 0.6 is 11.3 Å². The lowest BCUT2D eigenvalue weighted by atomic mass is 9.88. The van der Waals surface area contributed by atoms with Crippen LogP contribution in [0.25, 0.3) is 75.5 Å². The monoisotopic (exact) mass is 719 g/mol. The van der Waals surface area contributed by atoms with Gasteiger partial charge in [0, 0.05) is 48.1 Å². The van der Waals surface area contributed by atoms with Gasteiger partial charge < -0.3 is 9.64 Å². The summed E-state index contributed by atoms with van der Waals surface area (Å²) in [6.45, 7) is 0. The molecule has 2 nitrogen and oxygen atoms in total. The highest BCUT2D eigenvalue weighted by Gasteiger charge is 2.27. The average Bonchev–Trinajstić information content (AvgIpc) is 3.57. The number of para-hydroxylation sites is 1. The zero-order chi connectivity index (χ0) is 36.3. The molecular weight excluding hydrogens is 687 g/mol. The summed E-state index contributed by atoms with van der Waals surface area (Å²) in [6, 6.07) is 72.1.